The summed E-state index contributed by atoms with van der Waals surface area (Å²) >= 11 is 6.47. The van der Waals surface area contributed by atoms with Gasteiger partial charge in [0.2, 0.25) is 5.91 Å². The second kappa shape index (κ2) is 10.4. The van der Waals surface area contributed by atoms with Crippen LogP contribution in [0.3, 0.4) is 0 Å². The number of ether oxygens (including phenoxy) is 2. The molecule has 1 unspecified atom stereocenters. The third-order valence-electron chi connectivity index (χ3n) is 5.19. The van der Waals surface area contributed by atoms with Crippen molar-refractivity contribution in [3.8, 4) is 16.9 Å². The lowest BCUT2D eigenvalue weighted by Gasteiger charge is -2.19. The Bertz CT molecular complexity index is 1060. The summed E-state index contributed by atoms with van der Waals surface area (Å²) in [4.78, 5) is 12.1. The van der Waals surface area contributed by atoms with E-state index in [0.29, 0.717) is 17.2 Å². The van der Waals surface area contributed by atoms with Crippen molar-refractivity contribution in [3.63, 3.8) is 0 Å². The van der Waals surface area contributed by atoms with E-state index in [1.165, 1.54) is 19.2 Å². The van der Waals surface area contributed by atoms with Gasteiger partial charge in [0.05, 0.1) is 12.2 Å². The average molecular weight is 442 g/mol. The summed E-state index contributed by atoms with van der Waals surface area (Å²) in [5.74, 6) is -1.32. The van der Waals surface area contributed by atoms with E-state index in [0.717, 1.165) is 17.5 Å². The number of benzene rings is 3. The number of halogens is 2. The molecule has 0 fully saturated rings. The highest BCUT2D eigenvalue weighted by atomic mass is 35.5. The Labute approximate surface area is 186 Å². The van der Waals surface area contributed by atoms with Gasteiger partial charge in [-0.1, -0.05) is 54.9 Å². The molecule has 0 radical (unpaired) electrons. The first kappa shape index (κ1) is 22.8. The Balaban J connectivity index is 2.14. The Morgan fingerprint density at radius 2 is 1.81 bits per heavy atom. The van der Waals surface area contributed by atoms with Crippen LogP contribution < -0.4 is 10.5 Å². The zero-order valence-corrected chi connectivity index (χ0v) is 18.3. The highest BCUT2D eigenvalue weighted by Crippen LogP contribution is 2.39. The van der Waals surface area contributed by atoms with E-state index < -0.39 is 11.7 Å². The van der Waals surface area contributed by atoms with Crippen LogP contribution in [0, 0.1) is 5.82 Å². The van der Waals surface area contributed by atoms with Gasteiger partial charge in [0.15, 0.2) is 11.6 Å². The topological polar surface area (TPSA) is 61.6 Å². The van der Waals surface area contributed by atoms with Gasteiger partial charge in [0.1, 0.15) is 6.61 Å². The van der Waals surface area contributed by atoms with Gasteiger partial charge >= 0.3 is 0 Å². The van der Waals surface area contributed by atoms with Crippen LogP contribution in [0.25, 0.3) is 11.1 Å². The fourth-order valence-electron chi connectivity index (χ4n) is 3.67. The number of nitrogens with two attached hydrogens (primary N) is 1. The lowest BCUT2D eigenvalue weighted by molar-refractivity contribution is 0.100. The summed E-state index contributed by atoms with van der Waals surface area (Å²) in [5.41, 5.74) is 8.14. The highest BCUT2D eigenvalue weighted by molar-refractivity contribution is 6.33. The summed E-state index contributed by atoms with van der Waals surface area (Å²) in [6, 6.07) is 18.4. The van der Waals surface area contributed by atoms with Gasteiger partial charge in [-0.15, -0.1) is 0 Å². The Morgan fingerprint density at radius 3 is 2.45 bits per heavy atom. The number of carbonyl (C=O) groups is 1. The maximum absolute atomic E-state index is 15.5. The summed E-state index contributed by atoms with van der Waals surface area (Å²) in [6.45, 7) is 2.56. The highest BCUT2D eigenvalue weighted by Gasteiger charge is 2.23. The third-order valence-corrected chi connectivity index (χ3v) is 5.52. The summed E-state index contributed by atoms with van der Waals surface area (Å²) in [5, 5.41) is 0.321. The molecule has 0 spiro atoms. The molecular formula is C25H25ClFNO3. The van der Waals surface area contributed by atoms with Crippen molar-refractivity contribution < 1.29 is 18.7 Å². The molecule has 4 nitrogen and oxygen atoms in total. The molecule has 0 heterocycles. The van der Waals surface area contributed by atoms with E-state index >= 15 is 4.39 Å². The molecule has 3 rings (SSSR count). The maximum atomic E-state index is 15.5. The second-order valence-electron chi connectivity index (χ2n) is 7.12. The SMILES string of the molecule is CCC(c1ccccc1)c1ccc(Cl)c(-c2c(C(N)=O)ccc(OCCOC)c2F)c1. The number of hydrogen-bond acceptors (Lipinski definition) is 3. The average Bonchev–Trinajstić information content (AvgIpc) is 2.77. The molecule has 0 bridgehead atoms. The quantitative estimate of drug-likeness (QED) is 0.426. The Morgan fingerprint density at radius 1 is 1.06 bits per heavy atom. The lowest BCUT2D eigenvalue weighted by atomic mass is 9.87. The number of rotatable bonds is 9. The third kappa shape index (κ3) is 5.06. The molecule has 0 aliphatic rings. The zero-order chi connectivity index (χ0) is 22.4. The van der Waals surface area contributed by atoms with E-state index in [2.05, 4.69) is 19.1 Å². The van der Waals surface area contributed by atoms with Crippen LogP contribution in [0.2, 0.25) is 5.02 Å². The van der Waals surface area contributed by atoms with Gasteiger partial charge < -0.3 is 15.2 Å². The summed E-state index contributed by atoms with van der Waals surface area (Å²) < 4.78 is 25.9. The van der Waals surface area contributed by atoms with Crippen LogP contribution in [0.4, 0.5) is 4.39 Å². The fraction of sp³-hybridized carbons (Fsp3) is 0.240. The van der Waals surface area contributed by atoms with Crippen molar-refractivity contribution in [1.82, 2.24) is 0 Å². The monoisotopic (exact) mass is 441 g/mol. The number of methoxy groups -OCH3 is 1. The predicted octanol–water partition coefficient (Wildman–Crippen LogP) is 5.81. The van der Waals surface area contributed by atoms with E-state index in [4.69, 9.17) is 26.8 Å². The normalized spacial score (nSPS) is 11.9. The molecule has 2 N–H and O–H groups in total. The van der Waals surface area contributed by atoms with Gasteiger partial charge in [-0.3, -0.25) is 4.79 Å². The van der Waals surface area contributed by atoms with Gasteiger partial charge in [-0.25, -0.2) is 4.39 Å². The Hall–Kier alpha value is -2.89. The molecule has 162 valence electrons. The summed E-state index contributed by atoms with van der Waals surface area (Å²) in [7, 11) is 1.53. The number of hydrogen-bond donors (Lipinski definition) is 1. The summed E-state index contributed by atoms with van der Waals surface area (Å²) in [6.07, 6.45) is 0.844. The zero-order valence-electron chi connectivity index (χ0n) is 17.5. The van der Waals surface area contributed by atoms with Crippen LogP contribution >= 0.6 is 11.6 Å². The van der Waals surface area contributed by atoms with Crippen molar-refractivity contribution in [2.24, 2.45) is 5.73 Å². The molecule has 6 heteroatoms. The lowest BCUT2D eigenvalue weighted by Crippen LogP contribution is -2.14. The molecule has 0 aliphatic heterocycles. The molecule has 3 aromatic rings. The van der Waals surface area contributed by atoms with Gasteiger partial charge in [-0.05, 0) is 41.8 Å². The number of amides is 1. The predicted molar refractivity (Wildman–Crippen MR) is 121 cm³/mol. The first-order valence-corrected chi connectivity index (χ1v) is 10.4. The van der Waals surface area contributed by atoms with E-state index in [1.807, 2.05) is 30.3 Å². The van der Waals surface area contributed by atoms with Gasteiger partial charge in [0.25, 0.3) is 0 Å². The first-order chi connectivity index (χ1) is 15.0. The van der Waals surface area contributed by atoms with Crippen LogP contribution in [-0.2, 0) is 4.74 Å². The van der Waals surface area contributed by atoms with Crippen molar-refractivity contribution in [1.29, 1.82) is 0 Å². The first-order valence-electron chi connectivity index (χ1n) is 10.1. The van der Waals surface area contributed by atoms with Crippen LogP contribution in [0.15, 0.2) is 60.7 Å². The second-order valence-corrected chi connectivity index (χ2v) is 7.52. The molecule has 0 aromatic heterocycles. The van der Waals surface area contributed by atoms with Crippen molar-refractivity contribution >= 4 is 17.5 Å². The fourth-order valence-corrected chi connectivity index (χ4v) is 3.88. The van der Waals surface area contributed by atoms with Crippen LogP contribution in [-0.4, -0.2) is 26.2 Å². The van der Waals surface area contributed by atoms with E-state index in [1.54, 1.807) is 6.07 Å². The number of carbonyl (C=O) groups excluding carboxylic acids is 1. The van der Waals surface area contributed by atoms with Crippen molar-refractivity contribution in [2.45, 2.75) is 19.3 Å². The minimum atomic E-state index is -0.742. The van der Waals surface area contributed by atoms with Gasteiger partial charge in [-0.2, -0.15) is 0 Å². The smallest absolute Gasteiger partial charge is 0.249 e. The molecule has 1 amide bonds. The van der Waals surface area contributed by atoms with Crippen LogP contribution in [0.1, 0.15) is 40.7 Å². The van der Waals surface area contributed by atoms with Crippen molar-refractivity contribution in [3.05, 3.63) is 88.2 Å². The molecule has 0 saturated heterocycles. The van der Waals surface area contributed by atoms with Crippen molar-refractivity contribution in [2.75, 3.05) is 20.3 Å². The van der Waals surface area contributed by atoms with E-state index in [-0.39, 0.29) is 29.4 Å². The van der Waals surface area contributed by atoms with Gasteiger partial charge in [0, 0.05) is 29.2 Å². The van der Waals surface area contributed by atoms with E-state index in [9.17, 15) is 4.79 Å². The van der Waals surface area contributed by atoms with Crippen LogP contribution in [0.5, 0.6) is 5.75 Å². The minimum Gasteiger partial charge on any atom is -0.488 e. The molecule has 0 saturated carbocycles. The standard InChI is InChI=1S/C25H25ClFNO3/c1-3-18(16-7-5-4-6-8-16)17-9-11-21(26)20(15-17)23-19(25(28)29)10-12-22(24(23)27)31-14-13-30-2/h4-12,15,18H,3,13-14H2,1-2H3,(H2,28,29). The molecule has 1 atom stereocenters. The largest absolute Gasteiger partial charge is 0.488 e. The molecule has 3 aromatic carbocycles. The maximum Gasteiger partial charge on any atom is 0.249 e. The molecular weight excluding hydrogens is 417 g/mol. The molecule has 0 aliphatic carbocycles. The minimum absolute atomic E-state index is 0.00798. The number of primary amides is 1. The molecule has 31 heavy (non-hydrogen) atoms. The Kier molecular flexibility index (Phi) is 7.66.